The molecule has 1 aliphatic rings. The Balaban J connectivity index is 0.000000252. The van der Waals surface area contributed by atoms with Crippen LogP contribution < -0.4 is 16.6 Å². The third-order valence-electron chi connectivity index (χ3n) is 4.63. The number of carbonyl (C=O) groups is 1. The maximum absolute atomic E-state index is 8.58. The van der Waals surface area contributed by atoms with Crippen molar-refractivity contribution in [2.45, 2.75) is 76.3 Å². The molecular formula is C21H34N4OS2. The quantitative estimate of drug-likeness (QED) is 0.480. The molecule has 2 aromatic rings. The lowest BCUT2D eigenvalue weighted by molar-refractivity contribution is -0.106. The number of nitrogen functional groups attached to an aromatic ring is 1. The van der Waals surface area contributed by atoms with E-state index in [1.54, 1.807) is 11.3 Å². The van der Waals surface area contributed by atoms with Crippen LogP contribution in [0, 0.1) is 6.92 Å². The van der Waals surface area contributed by atoms with Crippen molar-refractivity contribution in [3.05, 3.63) is 39.5 Å². The van der Waals surface area contributed by atoms with Crippen molar-refractivity contribution in [1.82, 2.24) is 4.98 Å². The van der Waals surface area contributed by atoms with Crippen LogP contribution in [-0.4, -0.2) is 11.4 Å². The highest BCUT2D eigenvalue weighted by Gasteiger charge is 2.20. The summed E-state index contributed by atoms with van der Waals surface area (Å²) in [5.41, 5.74) is 17.9. The molecule has 2 aromatic heterocycles. The topological polar surface area (TPSA) is 108 Å². The first-order valence-corrected chi connectivity index (χ1v) is 11.2. The Hall–Kier alpha value is -1.57. The molecule has 0 aliphatic heterocycles. The maximum Gasteiger partial charge on any atom is 0.204 e. The van der Waals surface area contributed by atoms with Crippen LogP contribution in [0.25, 0.3) is 0 Å². The molecule has 2 heterocycles. The van der Waals surface area contributed by atoms with Gasteiger partial charge < -0.3 is 11.5 Å². The molecule has 7 heteroatoms. The van der Waals surface area contributed by atoms with Gasteiger partial charge in [-0.3, -0.25) is 14.9 Å². The number of amides is 1. The number of primary amides is 1. The van der Waals surface area contributed by atoms with Crippen molar-refractivity contribution in [1.29, 1.82) is 0 Å². The highest BCUT2D eigenvalue weighted by Crippen LogP contribution is 2.33. The molecule has 0 saturated heterocycles. The monoisotopic (exact) mass is 422 g/mol. The Morgan fingerprint density at radius 3 is 2.32 bits per heavy atom. The molecule has 1 aliphatic carbocycles. The fraction of sp³-hybridized carbons (Fsp3) is 0.524. The average molecular weight is 423 g/mol. The van der Waals surface area contributed by atoms with Crippen molar-refractivity contribution in [3.63, 3.8) is 0 Å². The summed E-state index contributed by atoms with van der Waals surface area (Å²) in [6, 6.07) is 2.16. The van der Waals surface area contributed by atoms with E-state index in [2.05, 4.69) is 63.7 Å². The van der Waals surface area contributed by atoms with Gasteiger partial charge >= 0.3 is 0 Å². The number of fused-ring (bicyclic) bond motifs is 1. The second-order valence-electron chi connectivity index (χ2n) is 8.12. The molecule has 0 bridgehead atoms. The number of thiophene rings is 1. The second-order valence-corrected chi connectivity index (χ2v) is 9.96. The van der Waals surface area contributed by atoms with Gasteiger partial charge in [0.05, 0.1) is 4.21 Å². The van der Waals surface area contributed by atoms with Crippen molar-refractivity contribution in [3.8, 4) is 0 Å². The molecule has 3 rings (SSSR count). The highest BCUT2D eigenvalue weighted by molar-refractivity contribution is 7.99. The lowest BCUT2D eigenvalue weighted by Crippen LogP contribution is -2.08. The Bertz CT molecular complexity index is 779. The first-order valence-electron chi connectivity index (χ1n) is 9.45. The minimum atomic E-state index is 0.250. The van der Waals surface area contributed by atoms with E-state index in [1.807, 2.05) is 0 Å². The number of hydrogen-bond acceptors (Lipinski definition) is 6. The first-order chi connectivity index (χ1) is 13.1. The van der Waals surface area contributed by atoms with Crippen molar-refractivity contribution in [2.75, 3.05) is 5.73 Å². The summed E-state index contributed by atoms with van der Waals surface area (Å²) >= 11 is 3.04. The summed E-state index contributed by atoms with van der Waals surface area (Å²) < 4.78 is 1.19. The highest BCUT2D eigenvalue weighted by atomic mass is 32.2. The fourth-order valence-electron chi connectivity index (χ4n) is 3.26. The van der Waals surface area contributed by atoms with Gasteiger partial charge in [0.25, 0.3) is 0 Å². The smallest absolute Gasteiger partial charge is 0.204 e. The van der Waals surface area contributed by atoms with Crippen LogP contribution in [0.3, 0.4) is 0 Å². The zero-order chi connectivity index (χ0) is 21.5. The molecule has 0 aromatic carbocycles. The van der Waals surface area contributed by atoms with Gasteiger partial charge in [0.15, 0.2) is 0 Å². The first kappa shape index (κ1) is 24.5. The SMILES string of the molecule is CC(C)(C)c1csc(SN)c1.Cc1nc2c(c(N)c1C(C)C)CCC2.NC=O. The number of carbonyl (C=O) groups excluding carboxylic acids is 1. The Morgan fingerprint density at radius 2 is 1.89 bits per heavy atom. The summed E-state index contributed by atoms with van der Waals surface area (Å²) in [4.78, 5) is 13.2. The predicted molar refractivity (Wildman–Crippen MR) is 123 cm³/mol. The van der Waals surface area contributed by atoms with Crippen molar-refractivity contribution < 1.29 is 4.79 Å². The molecule has 1 amide bonds. The summed E-state index contributed by atoms with van der Waals surface area (Å²) in [6.07, 6.45) is 3.69. The number of rotatable bonds is 2. The average Bonchev–Trinajstić information content (AvgIpc) is 3.24. The molecule has 156 valence electrons. The number of aromatic nitrogens is 1. The zero-order valence-electron chi connectivity index (χ0n) is 17.8. The van der Waals surface area contributed by atoms with Gasteiger partial charge in [-0.1, -0.05) is 34.6 Å². The van der Waals surface area contributed by atoms with E-state index in [9.17, 15) is 0 Å². The summed E-state index contributed by atoms with van der Waals surface area (Å²) in [6.45, 7) is 13.1. The largest absolute Gasteiger partial charge is 0.398 e. The standard InChI is InChI=1S/C12H18N2.C8H13NS2.CH3NO/c1-7(2)11-8(3)14-10-6-4-5-9(10)12(11)13;1-8(2,3)6-4-7(11-9)10-5-6;2-1-3/h7H,4-6H2,1-3H3,(H2,13,14);4-5H,9H2,1-3H3;1H,(H2,2,3). The van der Waals surface area contributed by atoms with Crippen LogP contribution in [0.4, 0.5) is 5.69 Å². The number of aryl methyl sites for hydroxylation is 2. The summed E-state index contributed by atoms with van der Waals surface area (Å²) in [5.74, 6) is 0.480. The van der Waals surface area contributed by atoms with E-state index >= 15 is 0 Å². The number of anilines is 1. The molecule has 0 unspecified atom stereocenters. The zero-order valence-corrected chi connectivity index (χ0v) is 19.5. The second kappa shape index (κ2) is 10.8. The van der Waals surface area contributed by atoms with E-state index in [1.165, 1.54) is 45.0 Å². The number of hydrogen-bond donors (Lipinski definition) is 3. The minimum absolute atomic E-state index is 0.250. The van der Waals surface area contributed by atoms with Gasteiger partial charge in [-0.05, 0) is 77.6 Å². The van der Waals surface area contributed by atoms with Gasteiger partial charge in [0.2, 0.25) is 6.41 Å². The van der Waals surface area contributed by atoms with Crippen LogP contribution in [0.5, 0.6) is 0 Å². The van der Waals surface area contributed by atoms with Crippen LogP contribution >= 0.6 is 23.3 Å². The van der Waals surface area contributed by atoms with E-state index in [0.717, 1.165) is 24.2 Å². The lowest BCUT2D eigenvalue weighted by atomic mass is 9.90. The number of nitrogens with two attached hydrogens (primary N) is 3. The Kier molecular flexibility index (Phi) is 9.47. The van der Waals surface area contributed by atoms with Gasteiger partial charge in [-0.2, -0.15) is 0 Å². The van der Waals surface area contributed by atoms with E-state index in [4.69, 9.17) is 15.7 Å². The maximum atomic E-state index is 8.58. The molecule has 0 saturated carbocycles. The molecule has 0 radical (unpaired) electrons. The van der Waals surface area contributed by atoms with Gasteiger partial charge in [-0.15, -0.1) is 11.3 Å². The normalized spacial score (nSPS) is 12.6. The van der Waals surface area contributed by atoms with Crippen LogP contribution in [0.2, 0.25) is 0 Å². The molecule has 0 spiro atoms. The molecular weight excluding hydrogens is 388 g/mol. The molecule has 0 fully saturated rings. The Morgan fingerprint density at radius 1 is 1.29 bits per heavy atom. The van der Waals surface area contributed by atoms with Gasteiger partial charge in [0, 0.05) is 17.1 Å². The van der Waals surface area contributed by atoms with Crippen molar-refractivity contribution in [2.24, 2.45) is 10.9 Å². The predicted octanol–water partition coefficient (Wildman–Crippen LogP) is 4.70. The van der Waals surface area contributed by atoms with Crippen molar-refractivity contribution >= 4 is 35.4 Å². The third kappa shape index (κ3) is 6.50. The van der Waals surface area contributed by atoms with Gasteiger partial charge in [0.1, 0.15) is 0 Å². The molecule has 28 heavy (non-hydrogen) atoms. The molecule has 6 N–H and O–H groups in total. The number of nitrogens with zero attached hydrogens (tertiary/aromatic N) is 1. The summed E-state index contributed by atoms with van der Waals surface area (Å²) in [7, 11) is 0. The van der Waals surface area contributed by atoms with Crippen LogP contribution in [0.15, 0.2) is 15.7 Å². The number of pyridine rings is 1. The van der Waals surface area contributed by atoms with E-state index in [-0.39, 0.29) is 11.8 Å². The molecule has 5 nitrogen and oxygen atoms in total. The van der Waals surface area contributed by atoms with E-state index in [0.29, 0.717) is 5.92 Å². The lowest BCUT2D eigenvalue weighted by Gasteiger charge is -2.15. The molecule has 0 atom stereocenters. The fourth-order valence-corrected chi connectivity index (χ4v) is 4.68. The van der Waals surface area contributed by atoms with Gasteiger partial charge in [-0.25, -0.2) is 0 Å². The minimum Gasteiger partial charge on any atom is -0.398 e. The van der Waals surface area contributed by atoms with Crippen LogP contribution in [0.1, 0.15) is 75.0 Å². The van der Waals surface area contributed by atoms with E-state index < -0.39 is 0 Å². The third-order valence-corrected chi connectivity index (χ3v) is 6.28. The Labute approximate surface area is 177 Å². The summed E-state index contributed by atoms with van der Waals surface area (Å²) in [5, 5.41) is 7.61. The van der Waals surface area contributed by atoms with Crippen LogP contribution in [-0.2, 0) is 23.1 Å².